The van der Waals surface area contributed by atoms with Crippen LogP contribution in [0.4, 0.5) is 5.00 Å². The highest BCUT2D eigenvalue weighted by Gasteiger charge is 2.44. The van der Waals surface area contributed by atoms with Gasteiger partial charge in [-0.3, -0.25) is 4.79 Å². The van der Waals surface area contributed by atoms with Crippen LogP contribution in [0.1, 0.15) is 33.1 Å². The molecule has 0 radical (unpaired) electrons. The van der Waals surface area contributed by atoms with E-state index in [1.165, 1.54) is 16.9 Å². The van der Waals surface area contributed by atoms with E-state index in [0.29, 0.717) is 5.00 Å². The lowest BCUT2D eigenvalue weighted by molar-refractivity contribution is -0.117. The summed E-state index contributed by atoms with van der Waals surface area (Å²) in [7, 11) is 0. The standard InChI is InChI=1S/C16H15NO3S/c1-9-7-13(16(19)20)15(21-9)17-14(18)12-8-11(12)10-5-3-2-4-6-10/h2-7,11-12H,8H2,1H3,(H,17,18)(H,19,20). The first-order chi connectivity index (χ1) is 10.1. The smallest absolute Gasteiger partial charge is 0.338 e. The Morgan fingerprint density at radius 3 is 2.67 bits per heavy atom. The fourth-order valence-corrected chi connectivity index (χ4v) is 3.43. The second-order valence-electron chi connectivity index (χ2n) is 5.25. The molecule has 0 saturated heterocycles. The zero-order valence-electron chi connectivity index (χ0n) is 11.5. The molecular weight excluding hydrogens is 286 g/mol. The molecule has 1 aromatic heterocycles. The van der Waals surface area contributed by atoms with Crippen molar-refractivity contribution in [3.63, 3.8) is 0 Å². The van der Waals surface area contributed by atoms with E-state index in [4.69, 9.17) is 5.11 Å². The van der Waals surface area contributed by atoms with Gasteiger partial charge in [-0.2, -0.15) is 0 Å². The van der Waals surface area contributed by atoms with Crippen LogP contribution >= 0.6 is 11.3 Å². The Balaban J connectivity index is 1.70. The fourth-order valence-electron chi connectivity index (χ4n) is 2.52. The molecular formula is C16H15NO3S. The maximum atomic E-state index is 12.2. The quantitative estimate of drug-likeness (QED) is 0.908. The molecule has 1 aliphatic carbocycles. The van der Waals surface area contributed by atoms with E-state index in [9.17, 15) is 9.59 Å². The highest BCUT2D eigenvalue weighted by atomic mass is 32.1. The lowest BCUT2D eigenvalue weighted by atomic mass is 10.1. The highest BCUT2D eigenvalue weighted by molar-refractivity contribution is 7.16. The van der Waals surface area contributed by atoms with Crippen LogP contribution < -0.4 is 5.32 Å². The van der Waals surface area contributed by atoms with Crippen LogP contribution in [0.3, 0.4) is 0 Å². The van der Waals surface area contributed by atoms with E-state index in [0.717, 1.165) is 11.3 Å². The van der Waals surface area contributed by atoms with Crippen LogP contribution in [0.25, 0.3) is 0 Å². The number of carbonyl (C=O) groups excluding carboxylic acids is 1. The lowest BCUT2D eigenvalue weighted by Gasteiger charge is -2.04. The van der Waals surface area contributed by atoms with Gasteiger partial charge in [0.2, 0.25) is 5.91 Å². The van der Waals surface area contributed by atoms with Crippen LogP contribution in [0, 0.1) is 12.8 Å². The van der Waals surface area contributed by atoms with Crippen LogP contribution in [0.5, 0.6) is 0 Å². The molecule has 2 aromatic rings. The van der Waals surface area contributed by atoms with Crippen molar-refractivity contribution in [1.82, 2.24) is 0 Å². The molecule has 2 atom stereocenters. The van der Waals surface area contributed by atoms with Crippen LogP contribution in [-0.4, -0.2) is 17.0 Å². The molecule has 0 aliphatic heterocycles. The monoisotopic (exact) mass is 301 g/mol. The minimum absolute atomic E-state index is 0.0588. The molecule has 2 unspecified atom stereocenters. The maximum Gasteiger partial charge on any atom is 0.338 e. The van der Waals surface area contributed by atoms with Gasteiger partial charge >= 0.3 is 5.97 Å². The Hall–Kier alpha value is -2.14. The first kappa shape index (κ1) is 13.8. The normalized spacial score (nSPS) is 20.0. The van der Waals surface area contributed by atoms with Crippen molar-refractivity contribution in [2.75, 3.05) is 5.32 Å². The number of benzene rings is 1. The molecule has 4 nitrogen and oxygen atoms in total. The molecule has 3 rings (SSSR count). The number of hydrogen-bond acceptors (Lipinski definition) is 3. The van der Waals surface area contributed by atoms with E-state index in [-0.39, 0.29) is 23.3 Å². The molecule has 0 bridgehead atoms. The van der Waals surface area contributed by atoms with Crippen molar-refractivity contribution in [2.24, 2.45) is 5.92 Å². The van der Waals surface area contributed by atoms with Gasteiger partial charge < -0.3 is 10.4 Å². The summed E-state index contributed by atoms with van der Waals surface area (Å²) in [5.41, 5.74) is 1.33. The van der Waals surface area contributed by atoms with Crippen LogP contribution in [0.2, 0.25) is 0 Å². The molecule has 5 heteroatoms. The van der Waals surface area contributed by atoms with Crippen molar-refractivity contribution >= 4 is 28.2 Å². The number of hydrogen-bond donors (Lipinski definition) is 2. The molecule has 1 aromatic carbocycles. The molecule has 1 fully saturated rings. The molecule has 1 saturated carbocycles. The first-order valence-corrected chi connectivity index (χ1v) is 7.57. The largest absolute Gasteiger partial charge is 0.478 e. The van der Waals surface area contributed by atoms with Crippen molar-refractivity contribution in [3.05, 3.63) is 52.4 Å². The molecule has 21 heavy (non-hydrogen) atoms. The number of carboxylic acid groups (broad SMARTS) is 1. The summed E-state index contributed by atoms with van der Waals surface area (Å²) >= 11 is 1.30. The topological polar surface area (TPSA) is 66.4 Å². The number of nitrogens with one attached hydrogen (secondary N) is 1. The number of rotatable bonds is 4. The van der Waals surface area contributed by atoms with Gasteiger partial charge in [-0.15, -0.1) is 11.3 Å². The Morgan fingerprint density at radius 1 is 1.29 bits per heavy atom. The number of carbonyl (C=O) groups is 2. The predicted molar refractivity (Wildman–Crippen MR) is 81.9 cm³/mol. The van der Waals surface area contributed by atoms with Gasteiger partial charge in [0, 0.05) is 10.8 Å². The molecule has 0 spiro atoms. The number of anilines is 1. The second-order valence-corrected chi connectivity index (χ2v) is 6.51. The molecule has 108 valence electrons. The van der Waals surface area contributed by atoms with Gasteiger partial charge in [0.05, 0.1) is 5.56 Å². The fraction of sp³-hybridized carbons (Fsp3) is 0.250. The summed E-state index contributed by atoms with van der Waals surface area (Å²) in [4.78, 5) is 24.3. The van der Waals surface area contributed by atoms with Gasteiger partial charge in [0.1, 0.15) is 5.00 Å². The number of aromatic carboxylic acids is 1. The zero-order chi connectivity index (χ0) is 15.0. The van der Waals surface area contributed by atoms with E-state index in [2.05, 4.69) is 5.32 Å². The minimum atomic E-state index is -1.01. The van der Waals surface area contributed by atoms with E-state index >= 15 is 0 Å². The lowest BCUT2D eigenvalue weighted by Crippen LogP contribution is -2.15. The minimum Gasteiger partial charge on any atom is -0.478 e. The molecule has 2 N–H and O–H groups in total. The Labute approximate surface area is 126 Å². The molecule has 1 aliphatic rings. The Bertz CT molecular complexity index is 693. The summed E-state index contributed by atoms with van der Waals surface area (Å²) < 4.78 is 0. The van der Waals surface area contributed by atoms with Crippen molar-refractivity contribution in [3.8, 4) is 0 Å². The first-order valence-electron chi connectivity index (χ1n) is 6.76. The average molecular weight is 301 g/mol. The van der Waals surface area contributed by atoms with Crippen molar-refractivity contribution in [1.29, 1.82) is 0 Å². The number of amides is 1. The number of thiophene rings is 1. The highest BCUT2D eigenvalue weighted by Crippen LogP contribution is 2.48. The van der Waals surface area contributed by atoms with Gasteiger partial charge in [-0.05, 0) is 30.9 Å². The van der Waals surface area contributed by atoms with Gasteiger partial charge in [-0.1, -0.05) is 30.3 Å². The summed E-state index contributed by atoms with van der Waals surface area (Å²) in [5, 5.41) is 12.3. The van der Waals surface area contributed by atoms with E-state index < -0.39 is 5.97 Å². The van der Waals surface area contributed by atoms with E-state index in [1.54, 1.807) is 6.07 Å². The van der Waals surface area contributed by atoms with Gasteiger partial charge in [0.15, 0.2) is 0 Å². The van der Waals surface area contributed by atoms with Crippen molar-refractivity contribution < 1.29 is 14.7 Å². The third-order valence-corrected chi connectivity index (χ3v) is 4.64. The summed E-state index contributed by atoms with van der Waals surface area (Å²) in [6.45, 7) is 1.83. The Morgan fingerprint density at radius 2 is 2.00 bits per heavy atom. The molecule has 1 amide bonds. The Kier molecular flexibility index (Phi) is 3.51. The van der Waals surface area contributed by atoms with Gasteiger partial charge in [-0.25, -0.2) is 4.79 Å². The third kappa shape index (κ3) is 2.83. The van der Waals surface area contributed by atoms with Crippen LogP contribution in [-0.2, 0) is 4.79 Å². The summed E-state index contributed by atoms with van der Waals surface area (Å²) in [6.07, 6.45) is 0.822. The number of aryl methyl sites for hydroxylation is 1. The second kappa shape index (κ2) is 5.33. The van der Waals surface area contributed by atoms with Crippen molar-refractivity contribution in [2.45, 2.75) is 19.3 Å². The third-order valence-electron chi connectivity index (χ3n) is 3.68. The van der Waals surface area contributed by atoms with Gasteiger partial charge in [0.25, 0.3) is 0 Å². The van der Waals surface area contributed by atoms with Crippen LogP contribution in [0.15, 0.2) is 36.4 Å². The molecule has 1 heterocycles. The summed E-state index contributed by atoms with van der Waals surface area (Å²) in [5.74, 6) is -0.907. The maximum absolute atomic E-state index is 12.2. The average Bonchev–Trinajstić information content (AvgIpc) is 3.18. The summed E-state index contributed by atoms with van der Waals surface area (Å²) in [6, 6.07) is 11.5. The SMILES string of the molecule is Cc1cc(C(=O)O)c(NC(=O)C2CC2c2ccccc2)s1. The van der Waals surface area contributed by atoms with E-state index in [1.807, 2.05) is 37.3 Å². The zero-order valence-corrected chi connectivity index (χ0v) is 12.3. The predicted octanol–water partition coefficient (Wildman–Crippen LogP) is 3.50. The number of carboxylic acids is 1.